The van der Waals surface area contributed by atoms with Gasteiger partial charge < -0.3 is 18.9 Å². The molecule has 0 aliphatic carbocycles. The maximum atomic E-state index is 6.24. The van der Waals surface area contributed by atoms with Gasteiger partial charge in [0.05, 0.1) is 12.2 Å². The molecule has 2 heterocycles. The Labute approximate surface area is 132 Å². The van der Waals surface area contributed by atoms with Crippen LogP contribution in [0.15, 0.2) is 18.2 Å². The number of benzene rings is 1. The van der Waals surface area contributed by atoms with Crippen molar-refractivity contribution in [2.75, 3.05) is 6.79 Å². The van der Waals surface area contributed by atoms with Gasteiger partial charge in [-0.3, -0.25) is 0 Å². The first-order valence-corrected chi connectivity index (χ1v) is 8.43. The molecule has 0 saturated carbocycles. The zero-order valence-electron chi connectivity index (χ0n) is 13.7. The lowest BCUT2D eigenvalue weighted by Gasteiger charge is -2.41. The Morgan fingerprint density at radius 1 is 1.00 bits per heavy atom. The minimum atomic E-state index is -0.104. The third kappa shape index (κ3) is 3.08. The highest BCUT2D eigenvalue weighted by molar-refractivity contribution is 5.45. The highest BCUT2D eigenvalue weighted by Gasteiger charge is 2.37. The lowest BCUT2D eigenvalue weighted by Crippen LogP contribution is -2.40. The average Bonchev–Trinajstić information content (AvgIpc) is 2.98. The Kier molecular flexibility index (Phi) is 4.89. The Morgan fingerprint density at radius 2 is 1.77 bits per heavy atom. The van der Waals surface area contributed by atoms with E-state index in [1.165, 1.54) is 0 Å². The highest BCUT2D eigenvalue weighted by Crippen LogP contribution is 2.42. The maximum absolute atomic E-state index is 6.24. The van der Waals surface area contributed by atoms with Gasteiger partial charge in [0.15, 0.2) is 17.8 Å². The van der Waals surface area contributed by atoms with Crippen LogP contribution >= 0.6 is 0 Å². The summed E-state index contributed by atoms with van der Waals surface area (Å²) in [4.78, 5) is 0. The minimum Gasteiger partial charge on any atom is -0.454 e. The molecule has 1 aromatic rings. The molecule has 0 N–H and O–H groups in total. The summed E-state index contributed by atoms with van der Waals surface area (Å²) in [7, 11) is 0. The van der Waals surface area contributed by atoms with Crippen molar-refractivity contribution in [2.24, 2.45) is 5.92 Å². The van der Waals surface area contributed by atoms with Crippen LogP contribution in [0.4, 0.5) is 0 Å². The highest BCUT2D eigenvalue weighted by atomic mass is 16.7. The van der Waals surface area contributed by atoms with Crippen LogP contribution in [0.5, 0.6) is 11.5 Å². The number of rotatable bonds is 5. The number of hydrogen-bond donors (Lipinski definition) is 0. The van der Waals surface area contributed by atoms with E-state index in [9.17, 15) is 0 Å². The summed E-state index contributed by atoms with van der Waals surface area (Å²) in [5.41, 5.74) is 1.15. The van der Waals surface area contributed by atoms with E-state index in [0.717, 1.165) is 42.7 Å². The predicted molar refractivity (Wildman–Crippen MR) is 84.0 cm³/mol. The van der Waals surface area contributed by atoms with Crippen molar-refractivity contribution in [2.45, 2.75) is 65.0 Å². The molecule has 1 aromatic carbocycles. The summed E-state index contributed by atoms with van der Waals surface area (Å²) >= 11 is 0. The van der Waals surface area contributed by atoms with Gasteiger partial charge >= 0.3 is 0 Å². The number of ether oxygens (including phenoxy) is 4. The fraction of sp³-hybridized carbons (Fsp3) is 0.667. The van der Waals surface area contributed by atoms with Gasteiger partial charge in [0, 0.05) is 5.92 Å². The van der Waals surface area contributed by atoms with Gasteiger partial charge in [0.2, 0.25) is 6.79 Å². The van der Waals surface area contributed by atoms with E-state index in [2.05, 4.69) is 32.9 Å². The second kappa shape index (κ2) is 6.88. The molecular weight excluding hydrogens is 280 g/mol. The summed E-state index contributed by atoms with van der Waals surface area (Å²) in [6, 6.07) is 6.12. The van der Waals surface area contributed by atoms with Crippen molar-refractivity contribution in [3.63, 3.8) is 0 Å². The zero-order valence-corrected chi connectivity index (χ0v) is 13.7. The summed E-state index contributed by atoms with van der Waals surface area (Å²) in [5, 5.41) is 0. The molecule has 4 atom stereocenters. The fourth-order valence-electron chi connectivity index (χ4n) is 3.29. The SMILES string of the molecule is CCC[C@@H]1O[C@H](CCC)[C@@H](C)[C@H](c2ccc3c(c2)OCO3)O1. The van der Waals surface area contributed by atoms with Crippen LogP contribution in [0, 0.1) is 5.92 Å². The zero-order chi connectivity index (χ0) is 15.5. The standard InChI is InChI=1S/C18H26O4/c1-4-6-14-12(3)18(22-17(21-14)7-5-2)13-8-9-15-16(10-13)20-11-19-15/h8-10,12,14,17-18H,4-7,11H2,1-3H3/t12-,14-,17-,18-/m1/s1. The number of fused-ring (bicyclic) bond motifs is 1. The van der Waals surface area contributed by atoms with Crippen LogP contribution in [0.3, 0.4) is 0 Å². The van der Waals surface area contributed by atoms with Crippen LogP contribution in [0.25, 0.3) is 0 Å². The first kappa shape index (κ1) is 15.6. The Morgan fingerprint density at radius 3 is 2.55 bits per heavy atom. The quantitative estimate of drug-likeness (QED) is 0.806. The molecule has 22 heavy (non-hydrogen) atoms. The van der Waals surface area contributed by atoms with E-state index >= 15 is 0 Å². The van der Waals surface area contributed by atoms with Crippen molar-refractivity contribution in [3.05, 3.63) is 23.8 Å². The fourth-order valence-corrected chi connectivity index (χ4v) is 3.29. The van der Waals surface area contributed by atoms with E-state index < -0.39 is 0 Å². The lowest BCUT2D eigenvalue weighted by atomic mass is 9.88. The second-order valence-corrected chi connectivity index (χ2v) is 6.21. The molecule has 1 fully saturated rings. The Bertz CT molecular complexity index is 502. The van der Waals surface area contributed by atoms with Crippen LogP contribution in [0.1, 0.15) is 58.1 Å². The summed E-state index contributed by atoms with van der Waals surface area (Å²) in [6.45, 7) is 6.89. The maximum Gasteiger partial charge on any atom is 0.231 e. The monoisotopic (exact) mass is 306 g/mol. The molecule has 3 rings (SSSR count). The third-order valence-corrected chi connectivity index (χ3v) is 4.51. The Balaban J connectivity index is 1.82. The third-order valence-electron chi connectivity index (χ3n) is 4.51. The first-order chi connectivity index (χ1) is 10.7. The van der Waals surface area contributed by atoms with Crippen LogP contribution in [-0.4, -0.2) is 19.2 Å². The summed E-state index contributed by atoms with van der Waals surface area (Å²) < 4.78 is 23.3. The van der Waals surface area contributed by atoms with E-state index in [1.807, 2.05) is 6.07 Å². The van der Waals surface area contributed by atoms with Crippen LogP contribution in [-0.2, 0) is 9.47 Å². The van der Waals surface area contributed by atoms with Gasteiger partial charge in [-0.1, -0.05) is 39.7 Å². The summed E-state index contributed by atoms with van der Waals surface area (Å²) in [5.74, 6) is 1.96. The smallest absolute Gasteiger partial charge is 0.231 e. The molecule has 2 aliphatic heterocycles. The molecular formula is C18H26O4. The molecule has 0 bridgehead atoms. The van der Waals surface area contributed by atoms with Crippen molar-refractivity contribution in [3.8, 4) is 11.5 Å². The van der Waals surface area contributed by atoms with E-state index in [0.29, 0.717) is 12.7 Å². The van der Waals surface area contributed by atoms with Gasteiger partial charge in [-0.05, 0) is 30.5 Å². The van der Waals surface area contributed by atoms with Gasteiger partial charge in [0.1, 0.15) is 0 Å². The predicted octanol–water partition coefficient (Wildman–Crippen LogP) is 4.43. The molecule has 1 saturated heterocycles. The van der Waals surface area contributed by atoms with E-state index in [-0.39, 0.29) is 18.5 Å². The van der Waals surface area contributed by atoms with Gasteiger partial charge in [-0.25, -0.2) is 0 Å². The number of hydrogen-bond acceptors (Lipinski definition) is 4. The molecule has 0 spiro atoms. The van der Waals surface area contributed by atoms with Crippen LogP contribution < -0.4 is 9.47 Å². The molecule has 0 unspecified atom stereocenters. The van der Waals surface area contributed by atoms with Crippen molar-refractivity contribution >= 4 is 0 Å². The molecule has 2 aliphatic rings. The Hall–Kier alpha value is -1.26. The topological polar surface area (TPSA) is 36.9 Å². The van der Waals surface area contributed by atoms with Gasteiger partial charge in [-0.15, -0.1) is 0 Å². The largest absolute Gasteiger partial charge is 0.454 e. The second-order valence-electron chi connectivity index (χ2n) is 6.21. The molecule has 4 nitrogen and oxygen atoms in total. The molecule has 0 amide bonds. The van der Waals surface area contributed by atoms with E-state index in [1.54, 1.807) is 0 Å². The minimum absolute atomic E-state index is 0.0522. The molecule has 4 heteroatoms. The molecule has 122 valence electrons. The molecule has 0 aromatic heterocycles. The van der Waals surface area contributed by atoms with Crippen molar-refractivity contribution in [1.82, 2.24) is 0 Å². The van der Waals surface area contributed by atoms with Gasteiger partial charge in [-0.2, -0.15) is 0 Å². The summed E-state index contributed by atoms with van der Waals surface area (Å²) in [6.07, 6.45) is 4.41. The van der Waals surface area contributed by atoms with Gasteiger partial charge in [0.25, 0.3) is 0 Å². The van der Waals surface area contributed by atoms with E-state index in [4.69, 9.17) is 18.9 Å². The van der Waals surface area contributed by atoms with Crippen molar-refractivity contribution < 1.29 is 18.9 Å². The first-order valence-electron chi connectivity index (χ1n) is 8.43. The van der Waals surface area contributed by atoms with Crippen molar-refractivity contribution in [1.29, 1.82) is 0 Å². The van der Waals surface area contributed by atoms with Crippen LogP contribution in [0.2, 0.25) is 0 Å². The average molecular weight is 306 g/mol. The lowest BCUT2D eigenvalue weighted by molar-refractivity contribution is -0.271. The molecule has 0 radical (unpaired) electrons. The normalized spacial score (nSPS) is 30.5.